The molecule has 0 spiro atoms. The summed E-state index contributed by atoms with van der Waals surface area (Å²) in [6, 6.07) is 6.73. The van der Waals surface area contributed by atoms with Crippen LogP contribution in [0.3, 0.4) is 0 Å². The van der Waals surface area contributed by atoms with Crippen LogP contribution < -0.4 is 4.74 Å². The van der Waals surface area contributed by atoms with Gasteiger partial charge in [0.2, 0.25) is 0 Å². The minimum atomic E-state index is -0.472. The molecule has 2 saturated carbocycles. The van der Waals surface area contributed by atoms with Gasteiger partial charge in [0.25, 0.3) is 0 Å². The van der Waals surface area contributed by atoms with E-state index in [1.807, 2.05) is 12.1 Å². The van der Waals surface area contributed by atoms with Gasteiger partial charge >= 0.3 is 0 Å². The molecule has 0 aliphatic heterocycles. The molecule has 2 unspecified atom stereocenters. The number of rotatable bonds is 6. The van der Waals surface area contributed by atoms with E-state index in [1.54, 1.807) is 6.07 Å². The van der Waals surface area contributed by atoms with Crippen molar-refractivity contribution in [3.63, 3.8) is 0 Å². The normalized spacial score (nSPS) is 27.0. The Morgan fingerprint density at radius 2 is 1.76 bits per heavy atom. The average molecular weight is 401 g/mol. The molecular weight excluding hydrogens is 366 g/mol. The van der Waals surface area contributed by atoms with E-state index in [0.29, 0.717) is 5.39 Å². The quantitative estimate of drug-likeness (QED) is 0.446. The number of fused-ring (bicyclic) bond motifs is 2. The number of benzene rings is 2. The Morgan fingerprint density at radius 3 is 2.55 bits per heavy atom. The van der Waals surface area contributed by atoms with E-state index in [0.717, 1.165) is 41.5 Å². The van der Waals surface area contributed by atoms with Crippen LogP contribution in [0.1, 0.15) is 82.6 Å². The van der Waals surface area contributed by atoms with Gasteiger partial charge in [0.1, 0.15) is 5.82 Å². The minimum absolute atomic E-state index is 0.167. The van der Waals surface area contributed by atoms with Crippen LogP contribution in [-0.4, -0.2) is 7.11 Å². The summed E-state index contributed by atoms with van der Waals surface area (Å²) in [6.07, 6.45) is 12.8. The van der Waals surface area contributed by atoms with Gasteiger partial charge in [-0.3, -0.25) is 0 Å². The number of hydrogen-bond acceptors (Lipinski definition) is 1. The van der Waals surface area contributed by atoms with Gasteiger partial charge in [-0.05, 0) is 84.9 Å². The average Bonchev–Trinajstić information content (AvgIpc) is 2.74. The zero-order valence-corrected chi connectivity index (χ0v) is 17.9. The Kier molecular flexibility index (Phi) is 6.41. The molecule has 29 heavy (non-hydrogen) atoms. The molecule has 0 heterocycles. The van der Waals surface area contributed by atoms with Gasteiger partial charge in [0.05, 0.1) is 7.11 Å². The van der Waals surface area contributed by atoms with Crippen molar-refractivity contribution in [3.05, 3.63) is 41.5 Å². The van der Waals surface area contributed by atoms with Gasteiger partial charge in [-0.2, -0.15) is 0 Å². The summed E-state index contributed by atoms with van der Waals surface area (Å²) in [4.78, 5) is 0. The van der Waals surface area contributed by atoms with Crippen molar-refractivity contribution >= 4 is 10.8 Å². The molecule has 0 bridgehead atoms. The monoisotopic (exact) mass is 400 g/mol. The molecule has 0 aromatic heterocycles. The van der Waals surface area contributed by atoms with E-state index in [4.69, 9.17) is 4.74 Å². The van der Waals surface area contributed by atoms with E-state index in [-0.39, 0.29) is 17.5 Å². The van der Waals surface area contributed by atoms with Crippen molar-refractivity contribution in [3.8, 4) is 5.75 Å². The van der Waals surface area contributed by atoms with Gasteiger partial charge in [-0.1, -0.05) is 45.1 Å². The highest BCUT2D eigenvalue weighted by atomic mass is 19.1. The standard InChI is InChI=1S/C26H34F2O/c1-3-4-5-6-17-7-8-19-14-20(10-9-18(19)13-17)22-15-21-11-12-25(29-2)26(28)23(21)16-24(22)27/h11-12,15-20H,3-10,13-14H2,1-2H3/t17?,18-,19?,20-/m1/s1. The maximum atomic E-state index is 15.0. The molecule has 0 amide bonds. The molecule has 3 heteroatoms. The molecule has 0 radical (unpaired) electrons. The summed E-state index contributed by atoms with van der Waals surface area (Å²) < 4.78 is 34.5. The summed E-state index contributed by atoms with van der Waals surface area (Å²) in [5.74, 6) is 2.18. The molecule has 0 saturated heterocycles. The third-order valence-corrected chi connectivity index (χ3v) is 7.63. The molecule has 1 nitrogen and oxygen atoms in total. The molecule has 2 aromatic carbocycles. The van der Waals surface area contributed by atoms with Crippen molar-refractivity contribution in [2.75, 3.05) is 7.11 Å². The topological polar surface area (TPSA) is 9.23 Å². The summed E-state index contributed by atoms with van der Waals surface area (Å²) in [5.41, 5.74) is 0.783. The lowest BCUT2D eigenvalue weighted by atomic mass is 9.63. The molecule has 2 aromatic rings. The van der Waals surface area contributed by atoms with Crippen LogP contribution in [0.15, 0.2) is 24.3 Å². The Morgan fingerprint density at radius 1 is 0.966 bits per heavy atom. The SMILES string of the molecule is CCCCCC1CCC2C[C@H](c3cc4ccc(OC)c(F)c4cc3F)CC[C@@H]2C1. The third kappa shape index (κ3) is 4.29. The molecule has 158 valence electrons. The van der Waals surface area contributed by atoms with Crippen molar-refractivity contribution in [2.45, 2.75) is 77.0 Å². The zero-order valence-electron chi connectivity index (χ0n) is 17.9. The van der Waals surface area contributed by atoms with Crippen LogP contribution in [0.5, 0.6) is 5.75 Å². The Balaban J connectivity index is 1.47. The fourth-order valence-electron chi connectivity index (χ4n) is 5.99. The molecule has 2 aliphatic carbocycles. The van der Waals surface area contributed by atoms with E-state index in [2.05, 4.69) is 6.92 Å². The highest BCUT2D eigenvalue weighted by Crippen LogP contribution is 2.49. The van der Waals surface area contributed by atoms with E-state index in [9.17, 15) is 8.78 Å². The molecule has 2 fully saturated rings. The number of unbranched alkanes of at least 4 members (excludes halogenated alkanes) is 2. The Bertz CT molecular complexity index is 846. The molecule has 2 aliphatic rings. The lowest BCUT2D eigenvalue weighted by Gasteiger charge is -2.42. The van der Waals surface area contributed by atoms with Crippen LogP contribution in [0, 0.1) is 29.4 Å². The van der Waals surface area contributed by atoms with Crippen LogP contribution in [0.25, 0.3) is 10.8 Å². The van der Waals surface area contributed by atoms with Gasteiger partial charge in [0, 0.05) is 5.39 Å². The molecule has 4 rings (SSSR count). The second-order valence-corrected chi connectivity index (χ2v) is 9.38. The maximum Gasteiger partial charge on any atom is 0.172 e. The van der Waals surface area contributed by atoms with Crippen molar-refractivity contribution < 1.29 is 13.5 Å². The maximum absolute atomic E-state index is 15.0. The molecule has 4 atom stereocenters. The van der Waals surface area contributed by atoms with Gasteiger partial charge in [0.15, 0.2) is 11.6 Å². The number of ether oxygens (including phenoxy) is 1. The van der Waals surface area contributed by atoms with Gasteiger partial charge < -0.3 is 4.74 Å². The third-order valence-electron chi connectivity index (χ3n) is 7.63. The van der Waals surface area contributed by atoms with E-state index in [1.165, 1.54) is 64.5 Å². The first-order chi connectivity index (χ1) is 14.1. The van der Waals surface area contributed by atoms with Crippen LogP contribution in [0.4, 0.5) is 8.78 Å². The largest absolute Gasteiger partial charge is 0.494 e. The van der Waals surface area contributed by atoms with Gasteiger partial charge in [-0.25, -0.2) is 8.78 Å². The number of halogens is 2. The Hall–Kier alpha value is -1.64. The second-order valence-electron chi connectivity index (χ2n) is 9.38. The highest BCUT2D eigenvalue weighted by molar-refractivity contribution is 5.85. The summed E-state index contributed by atoms with van der Waals surface area (Å²) >= 11 is 0. The highest BCUT2D eigenvalue weighted by Gasteiger charge is 2.36. The van der Waals surface area contributed by atoms with Crippen molar-refractivity contribution in [2.24, 2.45) is 17.8 Å². The second kappa shape index (κ2) is 9.02. The first-order valence-electron chi connectivity index (χ1n) is 11.6. The lowest BCUT2D eigenvalue weighted by Crippen LogP contribution is -2.30. The fourth-order valence-corrected chi connectivity index (χ4v) is 5.99. The van der Waals surface area contributed by atoms with Gasteiger partial charge in [-0.15, -0.1) is 0 Å². The summed E-state index contributed by atoms with van der Waals surface area (Å²) in [7, 11) is 1.44. The smallest absolute Gasteiger partial charge is 0.172 e. The van der Waals surface area contributed by atoms with Crippen LogP contribution in [-0.2, 0) is 0 Å². The van der Waals surface area contributed by atoms with E-state index < -0.39 is 5.82 Å². The fraction of sp³-hybridized carbons (Fsp3) is 0.615. The zero-order chi connectivity index (χ0) is 20.4. The van der Waals surface area contributed by atoms with Crippen LogP contribution >= 0.6 is 0 Å². The summed E-state index contributed by atoms with van der Waals surface area (Å²) in [6.45, 7) is 2.27. The molecule has 0 N–H and O–H groups in total. The predicted octanol–water partition coefficient (Wildman–Crippen LogP) is 8.01. The van der Waals surface area contributed by atoms with Crippen molar-refractivity contribution in [1.82, 2.24) is 0 Å². The molecular formula is C26H34F2O. The van der Waals surface area contributed by atoms with Crippen molar-refractivity contribution in [1.29, 1.82) is 0 Å². The predicted molar refractivity (Wildman–Crippen MR) is 115 cm³/mol. The number of methoxy groups -OCH3 is 1. The first-order valence-corrected chi connectivity index (χ1v) is 11.6. The Labute approximate surface area is 173 Å². The van der Waals surface area contributed by atoms with Crippen LogP contribution in [0.2, 0.25) is 0 Å². The number of hydrogen-bond donors (Lipinski definition) is 0. The first kappa shape index (κ1) is 20.6. The van der Waals surface area contributed by atoms with E-state index >= 15 is 0 Å². The minimum Gasteiger partial charge on any atom is -0.494 e. The lowest BCUT2D eigenvalue weighted by molar-refractivity contribution is 0.112. The summed E-state index contributed by atoms with van der Waals surface area (Å²) in [5, 5.41) is 1.08.